The second-order valence-electron chi connectivity index (χ2n) is 5.76. The average molecular weight is 241 g/mol. The van der Waals surface area contributed by atoms with Gasteiger partial charge in [0.15, 0.2) is 0 Å². The standard InChI is InChI=1S/C14H27NO2/c1-11(10-16-3)17-13-9-12(15-2)14(13)7-5-4-6-8-14/h11-13,15H,4-10H2,1-3H3. The van der Waals surface area contributed by atoms with Gasteiger partial charge in [-0.25, -0.2) is 0 Å². The number of ether oxygens (including phenoxy) is 2. The van der Waals surface area contributed by atoms with Gasteiger partial charge in [0.25, 0.3) is 0 Å². The molecule has 3 unspecified atom stereocenters. The Kier molecular flexibility index (Phi) is 4.45. The summed E-state index contributed by atoms with van der Waals surface area (Å²) < 4.78 is 11.3. The highest BCUT2D eigenvalue weighted by Crippen LogP contribution is 2.53. The van der Waals surface area contributed by atoms with Crippen molar-refractivity contribution >= 4 is 0 Å². The normalized spacial score (nSPS) is 33.4. The smallest absolute Gasteiger partial charge is 0.0784 e. The molecule has 2 rings (SSSR count). The van der Waals surface area contributed by atoms with Crippen LogP contribution in [0.25, 0.3) is 0 Å². The Morgan fingerprint density at radius 2 is 2.00 bits per heavy atom. The van der Waals surface area contributed by atoms with Gasteiger partial charge in [0.2, 0.25) is 0 Å². The summed E-state index contributed by atoms with van der Waals surface area (Å²) in [6.07, 6.45) is 8.66. The van der Waals surface area contributed by atoms with Crippen LogP contribution in [0.5, 0.6) is 0 Å². The Morgan fingerprint density at radius 3 is 2.59 bits per heavy atom. The SMILES string of the molecule is CNC1CC(OC(C)COC)C12CCCCC2. The molecule has 0 aliphatic heterocycles. The molecule has 2 aliphatic rings. The van der Waals surface area contributed by atoms with Crippen molar-refractivity contribution in [2.75, 3.05) is 20.8 Å². The Balaban J connectivity index is 1.94. The quantitative estimate of drug-likeness (QED) is 0.801. The molecule has 2 aliphatic carbocycles. The van der Waals surface area contributed by atoms with Gasteiger partial charge in [0.05, 0.1) is 18.8 Å². The predicted molar refractivity (Wildman–Crippen MR) is 69.2 cm³/mol. The van der Waals surface area contributed by atoms with Crippen molar-refractivity contribution in [3.05, 3.63) is 0 Å². The third-order valence-electron chi connectivity index (χ3n) is 4.72. The van der Waals surface area contributed by atoms with Crippen LogP contribution in [-0.4, -0.2) is 39.0 Å². The largest absolute Gasteiger partial charge is 0.382 e. The van der Waals surface area contributed by atoms with E-state index in [1.165, 1.54) is 38.5 Å². The molecular formula is C14H27NO2. The third kappa shape index (κ3) is 2.51. The van der Waals surface area contributed by atoms with E-state index in [0.29, 0.717) is 24.2 Å². The Morgan fingerprint density at radius 1 is 1.29 bits per heavy atom. The predicted octanol–water partition coefficient (Wildman–Crippen LogP) is 2.35. The molecule has 0 amide bonds. The van der Waals surface area contributed by atoms with Gasteiger partial charge in [-0.1, -0.05) is 19.3 Å². The van der Waals surface area contributed by atoms with E-state index >= 15 is 0 Å². The molecule has 3 heteroatoms. The first-order valence-corrected chi connectivity index (χ1v) is 7.04. The number of nitrogens with one attached hydrogen (secondary N) is 1. The number of rotatable bonds is 5. The average Bonchev–Trinajstić information content (AvgIpc) is 2.35. The topological polar surface area (TPSA) is 30.5 Å². The minimum Gasteiger partial charge on any atom is -0.382 e. The molecule has 0 bridgehead atoms. The van der Waals surface area contributed by atoms with E-state index < -0.39 is 0 Å². The van der Waals surface area contributed by atoms with Gasteiger partial charge in [0, 0.05) is 18.6 Å². The zero-order chi connectivity index (χ0) is 12.3. The number of hydrogen-bond donors (Lipinski definition) is 1. The lowest BCUT2D eigenvalue weighted by Crippen LogP contribution is -2.64. The van der Waals surface area contributed by atoms with Gasteiger partial charge in [-0.15, -0.1) is 0 Å². The molecule has 100 valence electrons. The maximum Gasteiger partial charge on any atom is 0.0784 e. The van der Waals surface area contributed by atoms with Crippen LogP contribution in [-0.2, 0) is 9.47 Å². The lowest BCUT2D eigenvalue weighted by atomic mass is 9.55. The Bertz CT molecular complexity index is 238. The lowest BCUT2D eigenvalue weighted by molar-refractivity contribution is -0.179. The van der Waals surface area contributed by atoms with Crippen molar-refractivity contribution in [1.82, 2.24) is 5.32 Å². The molecule has 0 heterocycles. The van der Waals surface area contributed by atoms with Crippen molar-refractivity contribution in [1.29, 1.82) is 0 Å². The zero-order valence-corrected chi connectivity index (χ0v) is 11.5. The maximum absolute atomic E-state index is 6.19. The van der Waals surface area contributed by atoms with Gasteiger partial charge in [-0.2, -0.15) is 0 Å². The molecule has 1 spiro atoms. The summed E-state index contributed by atoms with van der Waals surface area (Å²) in [5, 5.41) is 3.49. The summed E-state index contributed by atoms with van der Waals surface area (Å²) in [7, 11) is 3.84. The lowest BCUT2D eigenvalue weighted by Gasteiger charge is -2.58. The maximum atomic E-state index is 6.19. The van der Waals surface area contributed by atoms with Crippen molar-refractivity contribution in [3.63, 3.8) is 0 Å². The first-order chi connectivity index (χ1) is 8.23. The zero-order valence-electron chi connectivity index (χ0n) is 11.5. The molecule has 0 aromatic rings. The molecule has 0 saturated heterocycles. The van der Waals surface area contributed by atoms with Crippen LogP contribution in [0.15, 0.2) is 0 Å². The number of methoxy groups -OCH3 is 1. The van der Waals surface area contributed by atoms with E-state index in [1.807, 2.05) is 0 Å². The highest BCUT2D eigenvalue weighted by Gasteiger charge is 2.55. The summed E-state index contributed by atoms with van der Waals surface area (Å²) in [5.41, 5.74) is 0.426. The highest BCUT2D eigenvalue weighted by molar-refractivity contribution is 5.08. The van der Waals surface area contributed by atoms with E-state index in [4.69, 9.17) is 9.47 Å². The van der Waals surface area contributed by atoms with Crippen LogP contribution in [0.3, 0.4) is 0 Å². The molecule has 17 heavy (non-hydrogen) atoms. The molecule has 3 nitrogen and oxygen atoms in total. The van der Waals surface area contributed by atoms with Crippen LogP contribution in [0.4, 0.5) is 0 Å². The summed E-state index contributed by atoms with van der Waals surface area (Å²) in [6, 6.07) is 0.669. The van der Waals surface area contributed by atoms with E-state index in [-0.39, 0.29) is 6.10 Å². The third-order valence-corrected chi connectivity index (χ3v) is 4.72. The van der Waals surface area contributed by atoms with Gasteiger partial charge in [-0.3, -0.25) is 0 Å². The summed E-state index contributed by atoms with van der Waals surface area (Å²) in [4.78, 5) is 0. The Labute approximate surface area is 105 Å². The van der Waals surface area contributed by atoms with Crippen LogP contribution < -0.4 is 5.32 Å². The Hall–Kier alpha value is -0.120. The van der Waals surface area contributed by atoms with Gasteiger partial charge >= 0.3 is 0 Å². The fourth-order valence-corrected chi connectivity index (χ4v) is 3.78. The van der Waals surface area contributed by atoms with Gasteiger partial charge < -0.3 is 14.8 Å². The van der Waals surface area contributed by atoms with E-state index in [2.05, 4.69) is 19.3 Å². The fraction of sp³-hybridized carbons (Fsp3) is 1.00. The second-order valence-corrected chi connectivity index (χ2v) is 5.76. The molecule has 1 N–H and O–H groups in total. The molecular weight excluding hydrogens is 214 g/mol. The first kappa shape index (κ1) is 13.3. The summed E-state index contributed by atoms with van der Waals surface area (Å²) >= 11 is 0. The van der Waals surface area contributed by atoms with Crippen LogP contribution in [0, 0.1) is 5.41 Å². The van der Waals surface area contributed by atoms with E-state index in [0.717, 1.165) is 0 Å². The molecule has 0 aromatic heterocycles. The van der Waals surface area contributed by atoms with Crippen LogP contribution in [0.2, 0.25) is 0 Å². The van der Waals surface area contributed by atoms with Crippen molar-refractivity contribution in [2.24, 2.45) is 5.41 Å². The highest BCUT2D eigenvalue weighted by atomic mass is 16.5. The van der Waals surface area contributed by atoms with Gasteiger partial charge in [0.1, 0.15) is 0 Å². The van der Waals surface area contributed by atoms with Gasteiger partial charge in [-0.05, 0) is 33.2 Å². The summed E-state index contributed by atoms with van der Waals surface area (Å²) in [6.45, 7) is 2.82. The molecule has 0 aromatic carbocycles. The van der Waals surface area contributed by atoms with E-state index in [1.54, 1.807) is 7.11 Å². The fourth-order valence-electron chi connectivity index (χ4n) is 3.78. The summed E-state index contributed by atoms with van der Waals surface area (Å²) in [5.74, 6) is 0. The minimum atomic E-state index is 0.224. The van der Waals surface area contributed by atoms with Crippen LogP contribution >= 0.6 is 0 Å². The molecule has 2 fully saturated rings. The van der Waals surface area contributed by atoms with Crippen LogP contribution in [0.1, 0.15) is 45.4 Å². The van der Waals surface area contributed by atoms with Crippen molar-refractivity contribution < 1.29 is 9.47 Å². The monoisotopic (exact) mass is 241 g/mol. The minimum absolute atomic E-state index is 0.224. The number of hydrogen-bond acceptors (Lipinski definition) is 3. The molecule has 0 radical (unpaired) electrons. The molecule has 2 saturated carbocycles. The van der Waals surface area contributed by atoms with Crippen molar-refractivity contribution in [2.45, 2.75) is 63.7 Å². The van der Waals surface area contributed by atoms with E-state index in [9.17, 15) is 0 Å². The first-order valence-electron chi connectivity index (χ1n) is 7.04. The van der Waals surface area contributed by atoms with Crippen molar-refractivity contribution in [3.8, 4) is 0 Å². The molecule has 3 atom stereocenters. The second kappa shape index (κ2) is 5.68.